The van der Waals surface area contributed by atoms with Crippen LogP contribution in [0, 0.1) is 13.8 Å². The van der Waals surface area contributed by atoms with E-state index in [2.05, 4.69) is 10.6 Å². The lowest BCUT2D eigenvalue weighted by Gasteiger charge is -2.28. The van der Waals surface area contributed by atoms with E-state index in [-0.39, 0.29) is 71.0 Å². The number of allylic oxidation sites excluding steroid dienone is 4. The van der Waals surface area contributed by atoms with E-state index in [1.165, 1.54) is 61.5 Å². The lowest BCUT2D eigenvalue weighted by Crippen LogP contribution is -2.31. The van der Waals surface area contributed by atoms with Gasteiger partial charge in [-0.3, -0.25) is 32.4 Å². The van der Waals surface area contributed by atoms with Crippen molar-refractivity contribution in [1.82, 2.24) is 10.6 Å². The highest BCUT2D eigenvalue weighted by Crippen LogP contribution is 2.31. The standard InChI is InChI=1S/C34H46N4O19S5/c1-22(8-5-9-23(2)38(13-7-15-59(46,47)48)31-21-27(62(55,56)57)20-29(25(31)4)34(41)42)37(12-6-14-58(43,44)45)30-19-26(32(39)35-10-16-60(49,50)51)18-28(24(30)3)33(40)36-11-17-61(52,53)54/h5,8-9,18-21H,6-7,10-17H2,1-4H3,(H7-,35,36,39,40,41,42,43,44,45,46,47,48,49,50,51,52,53,54,55,56,57)/p+1. The fourth-order valence-corrected chi connectivity index (χ4v) is 7.98. The summed E-state index contributed by atoms with van der Waals surface area (Å²) in [7, 11) is -23.0. The molecule has 0 saturated carbocycles. The number of nitrogens with zero attached hydrogens (tertiary/aromatic N) is 2. The third-order valence-electron chi connectivity index (χ3n) is 8.74. The molecule has 346 valence electrons. The average molecular weight is 976 g/mol. The largest absolute Gasteiger partial charge is 0.478 e. The zero-order valence-electron chi connectivity index (χ0n) is 33.5. The predicted molar refractivity (Wildman–Crippen MR) is 224 cm³/mol. The van der Waals surface area contributed by atoms with Crippen LogP contribution in [0.15, 0.2) is 53.1 Å². The van der Waals surface area contributed by atoms with Crippen molar-refractivity contribution >= 4 is 85.5 Å². The summed E-state index contributed by atoms with van der Waals surface area (Å²) < 4.78 is 164. The van der Waals surface area contributed by atoms with Crippen LogP contribution in [0.2, 0.25) is 0 Å². The first-order valence-corrected chi connectivity index (χ1v) is 25.7. The molecule has 0 aromatic heterocycles. The summed E-state index contributed by atoms with van der Waals surface area (Å²) in [4.78, 5) is 39.2. The maximum absolute atomic E-state index is 13.4. The molecule has 0 fully saturated rings. The fourth-order valence-electron chi connectivity index (χ4n) is 5.75. The van der Waals surface area contributed by atoms with Gasteiger partial charge in [-0.15, -0.1) is 0 Å². The van der Waals surface area contributed by atoms with Crippen LogP contribution in [0.25, 0.3) is 0 Å². The number of carbonyl (C=O) groups excluding carboxylic acids is 2. The highest BCUT2D eigenvalue weighted by atomic mass is 32.2. The zero-order chi connectivity index (χ0) is 47.6. The molecule has 2 aromatic carbocycles. The molecule has 2 amide bonds. The molecule has 8 N–H and O–H groups in total. The summed E-state index contributed by atoms with van der Waals surface area (Å²) in [5.41, 5.74) is -0.406. The molecule has 2 rings (SSSR count). The van der Waals surface area contributed by atoms with Crippen molar-refractivity contribution in [3.8, 4) is 0 Å². The summed E-state index contributed by atoms with van der Waals surface area (Å²) in [6, 6.07) is 4.03. The second-order valence-corrected chi connectivity index (χ2v) is 21.2. The predicted octanol–water partition coefficient (Wildman–Crippen LogP) is 1.11. The molecule has 0 saturated heterocycles. The van der Waals surface area contributed by atoms with Crippen molar-refractivity contribution in [2.75, 3.05) is 54.1 Å². The van der Waals surface area contributed by atoms with Gasteiger partial charge in [0.1, 0.15) is 6.54 Å². The van der Waals surface area contributed by atoms with Crippen molar-refractivity contribution in [2.45, 2.75) is 45.4 Å². The number of nitrogens with one attached hydrogen (secondary N) is 2. The number of carboxylic acids is 1. The number of benzene rings is 2. The minimum absolute atomic E-state index is 0.0106. The number of amides is 2. The number of aromatic carboxylic acids is 1. The first-order valence-electron chi connectivity index (χ1n) is 17.8. The summed E-state index contributed by atoms with van der Waals surface area (Å²) in [5.74, 6) is -6.69. The molecule has 0 atom stereocenters. The Morgan fingerprint density at radius 1 is 0.677 bits per heavy atom. The van der Waals surface area contributed by atoms with E-state index in [4.69, 9.17) is 9.11 Å². The smallest absolute Gasteiger partial charge is 0.336 e. The maximum atomic E-state index is 13.4. The number of anilines is 1. The van der Waals surface area contributed by atoms with Crippen LogP contribution in [0.4, 0.5) is 11.4 Å². The SMILES string of the molecule is C\C(=C/C=C/C(C)=[N+](\CCCS(=O)(=O)O)c1cc(C(=O)NCCS(=O)(=O)O)cc(C(=O)NCCS(=O)(=O)O)c1C)N(CCCS(=O)(=O)O)c1cc(S(=O)(=O)O)cc(C(=O)O)c1C. The van der Waals surface area contributed by atoms with Gasteiger partial charge in [-0.2, -0.15) is 46.7 Å². The highest BCUT2D eigenvalue weighted by Gasteiger charge is 2.26. The number of rotatable bonds is 23. The van der Waals surface area contributed by atoms with Crippen LogP contribution < -0.4 is 15.5 Å². The number of carbonyl (C=O) groups is 3. The topological polar surface area (TPSA) is 374 Å². The van der Waals surface area contributed by atoms with Crippen LogP contribution in [-0.4, -0.2) is 147 Å². The number of carboxylic acid groups (broad SMARTS) is 1. The molecule has 0 bridgehead atoms. The summed E-state index contributed by atoms with van der Waals surface area (Å²) in [5, 5.41) is 14.4. The van der Waals surface area contributed by atoms with Gasteiger partial charge >= 0.3 is 5.97 Å². The van der Waals surface area contributed by atoms with E-state index in [0.29, 0.717) is 0 Å². The van der Waals surface area contributed by atoms with E-state index in [1.54, 1.807) is 0 Å². The Labute approximate surface area is 359 Å². The monoisotopic (exact) mass is 975 g/mol. The number of hydrogen-bond donors (Lipinski definition) is 8. The minimum Gasteiger partial charge on any atom is -0.478 e. The molecule has 0 radical (unpaired) electrons. The fraction of sp³-hybridized carbons (Fsp3) is 0.412. The lowest BCUT2D eigenvalue weighted by atomic mass is 10.00. The van der Waals surface area contributed by atoms with Crippen LogP contribution in [-0.2, 0) is 50.6 Å². The van der Waals surface area contributed by atoms with Gasteiger partial charge < -0.3 is 20.6 Å². The van der Waals surface area contributed by atoms with Crippen LogP contribution in [0.5, 0.6) is 0 Å². The normalized spacial score (nSPS) is 13.5. The Hall–Kier alpha value is -4.65. The van der Waals surface area contributed by atoms with Gasteiger partial charge in [0.05, 0.1) is 33.5 Å². The molecule has 2 aromatic rings. The van der Waals surface area contributed by atoms with Gasteiger partial charge in [-0.05, 0) is 57.0 Å². The van der Waals surface area contributed by atoms with Crippen molar-refractivity contribution < 1.29 is 88.9 Å². The molecule has 0 aliphatic carbocycles. The Morgan fingerprint density at radius 3 is 1.69 bits per heavy atom. The Bertz CT molecular complexity index is 2730. The zero-order valence-corrected chi connectivity index (χ0v) is 37.6. The molecule has 28 heteroatoms. The van der Waals surface area contributed by atoms with Crippen LogP contribution in [0.1, 0.15) is 68.9 Å². The van der Waals surface area contributed by atoms with E-state index < -0.39 is 115 Å². The highest BCUT2D eigenvalue weighted by molar-refractivity contribution is 7.86. The third kappa shape index (κ3) is 18.0. The van der Waals surface area contributed by atoms with Crippen LogP contribution >= 0.6 is 0 Å². The van der Waals surface area contributed by atoms with E-state index in [1.807, 2.05) is 0 Å². The van der Waals surface area contributed by atoms with Gasteiger partial charge in [0.2, 0.25) is 5.69 Å². The lowest BCUT2D eigenvalue weighted by molar-refractivity contribution is -0.440. The molecule has 0 spiro atoms. The second-order valence-electron chi connectivity index (χ2n) is 13.5. The van der Waals surface area contributed by atoms with Crippen molar-refractivity contribution in [3.63, 3.8) is 0 Å². The molecule has 0 unspecified atom stereocenters. The Morgan fingerprint density at radius 2 is 1.19 bits per heavy atom. The number of hydrogen-bond acceptors (Lipinski definition) is 14. The first kappa shape index (κ1) is 53.5. The quantitative estimate of drug-likeness (QED) is 0.0334. The van der Waals surface area contributed by atoms with Gasteiger partial charge in [-0.1, -0.05) is 6.08 Å². The molecule has 23 nitrogen and oxygen atoms in total. The summed E-state index contributed by atoms with van der Waals surface area (Å²) >= 11 is 0. The van der Waals surface area contributed by atoms with Gasteiger partial charge in [-0.25, -0.2) is 4.79 Å². The average Bonchev–Trinajstić information content (AvgIpc) is 3.09. The van der Waals surface area contributed by atoms with Gasteiger partial charge in [0.25, 0.3) is 62.4 Å². The van der Waals surface area contributed by atoms with Gasteiger partial charge in [0, 0.05) is 73.2 Å². The molecular formula is C34H47N4O19S5+. The molecule has 62 heavy (non-hydrogen) atoms. The molecular weight excluding hydrogens is 929 g/mol. The molecule has 0 aliphatic rings. The third-order valence-corrected chi connectivity index (χ3v) is 12.6. The maximum Gasteiger partial charge on any atom is 0.336 e. The minimum atomic E-state index is -4.96. The van der Waals surface area contributed by atoms with E-state index in [0.717, 1.165) is 18.2 Å². The van der Waals surface area contributed by atoms with Crippen molar-refractivity contribution in [1.29, 1.82) is 0 Å². The van der Waals surface area contributed by atoms with Crippen molar-refractivity contribution in [3.05, 3.63) is 76.0 Å². The van der Waals surface area contributed by atoms with Crippen molar-refractivity contribution in [2.24, 2.45) is 0 Å². The molecule has 0 heterocycles. The van der Waals surface area contributed by atoms with E-state index in [9.17, 15) is 75.2 Å². The Kier molecular flexibility index (Phi) is 18.7. The van der Waals surface area contributed by atoms with Gasteiger partial charge in [0.15, 0.2) is 5.71 Å². The second kappa shape index (κ2) is 21.6. The summed E-state index contributed by atoms with van der Waals surface area (Å²) in [6.45, 7) is 4.11. The van der Waals surface area contributed by atoms with Crippen LogP contribution in [0.3, 0.4) is 0 Å². The molecule has 0 aliphatic heterocycles. The Balaban J connectivity index is 2.90. The van der Waals surface area contributed by atoms with E-state index >= 15 is 0 Å². The summed E-state index contributed by atoms with van der Waals surface area (Å²) in [6.07, 6.45) is 3.73. The first-order chi connectivity index (χ1) is 28.2.